The van der Waals surface area contributed by atoms with Crippen LogP contribution < -0.4 is 5.43 Å². The number of carbonyl (C=O) groups excluding carboxylic acids is 2. The molecule has 0 bridgehead atoms. The highest BCUT2D eigenvalue weighted by Gasteiger charge is 2.29. The molecule has 1 saturated heterocycles. The van der Waals surface area contributed by atoms with Gasteiger partial charge in [0.05, 0.1) is 5.75 Å². The Labute approximate surface area is 93.9 Å². The van der Waals surface area contributed by atoms with Crippen LogP contribution >= 0.6 is 47.2 Å². The summed E-state index contributed by atoms with van der Waals surface area (Å²) in [5.41, 5.74) is 2.20. The smallest absolute Gasteiger partial charge is 0.272 e. The van der Waals surface area contributed by atoms with Crippen molar-refractivity contribution in [2.24, 2.45) is 0 Å². The monoisotopic (exact) mass is 258 g/mol. The van der Waals surface area contributed by atoms with Crippen molar-refractivity contribution in [2.45, 2.75) is 4.84 Å². The fourth-order valence-corrected chi connectivity index (χ4v) is 1.70. The van der Waals surface area contributed by atoms with Crippen LogP contribution in [0.2, 0.25) is 0 Å². The van der Waals surface area contributed by atoms with Crippen molar-refractivity contribution >= 4 is 63.3 Å². The Hall–Kier alpha value is -0.0400. The lowest BCUT2D eigenvalue weighted by Crippen LogP contribution is -2.47. The van der Waals surface area contributed by atoms with Crippen LogP contribution in [0.15, 0.2) is 0 Å². The van der Waals surface area contributed by atoms with Crippen LogP contribution in [-0.4, -0.2) is 31.7 Å². The highest BCUT2D eigenvalue weighted by Crippen LogP contribution is 2.17. The molecule has 72 valence electrons. The summed E-state index contributed by atoms with van der Waals surface area (Å²) in [6, 6.07) is 0. The van der Waals surface area contributed by atoms with E-state index in [1.807, 2.05) is 0 Å². The zero-order valence-electron chi connectivity index (χ0n) is 6.12. The number of hydrogen-bond donors (Lipinski definition) is 1. The molecule has 1 fully saturated rings. The SMILES string of the molecule is O=C(NN1C(=O)CSC1=S)C(Cl)Cl. The van der Waals surface area contributed by atoms with E-state index in [0.29, 0.717) is 4.32 Å². The van der Waals surface area contributed by atoms with Crippen LogP contribution in [0.25, 0.3) is 0 Å². The normalized spacial score (nSPS) is 17.0. The first-order valence-corrected chi connectivity index (χ1v) is 5.37. The molecule has 1 heterocycles. The van der Waals surface area contributed by atoms with Gasteiger partial charge in [-0.1, -0.05) is 47.2 Å². The van der Waals surface area contributed by atoms with Crippen LogP contribution in [0, 0.1) is 0 Å². The van der Waals surface area contributed by atoms with Gasteiger partial charge in [0.1, 0.15) is 0 Å². The second kappa shape index (κ2) is 4.45. The molecule has 1 aliphatic heterocycles. The zero-order chi connectivity index (χ0) is 10.0. The van der Waals surface area contributed by atoms with Gasteiger partial charge in [-0.3, -0.25) is 15.0 Å². The Morgan fingerprint density at radius 1 is 1.69 bits per heavy atom. The summed E-state index contributed by atoms with van der Waals surface area (Å²) in [5, 5.41) is 0.972. The van der Waals surface area contributed by atoms with E-state index in [2.05, 4.69) is 5.43 Å². The molecule has 4 nitrogen and oxygen atoms in total. The molecule has 0 atom stereocenters. The molecule has 0 spiro atoms. The average molecular weight is 259 g/mol. The Kier molecular flexibility index (Phi) is 3.78. The predicted molar refractivity (Wildman–Crippen MR) is 55.5 cm³/mol. The lowest BCUT2D eigenvalue weighted by molar-refractivity contribution is -0.133. The number of alkyl halides is 2. The topological polar surface area (TPSA) is 49.4 Å². The van der Waals surface area contributed by atoms with E-state index in [-0.39, 0.29) is 11.7 Å². The van der Waals surface area contributed by atoms with Gasteiger partial charge in [0, 0.05) is 0 Å². The van der Waals surface area contributed by atoms with Crippen molar-refractivity contribution < 1.29 is 9.59 Å². The molecule has 0 unspecified atom stereocenters. The molecule has 13 heavy (non-hydrogen) atoms. The first kappa shape index (κ1) is 11.0. The molecule has 1 rings (SSSR count). The quantitative estimate of drug-likeness (QED) is 0.585. The minimum atomic E-state index is -1.21. The largest absolute Gasteiger partial charge is 0.272 e. The number of amides is 2. The molecule has 0 saturated carbocycles. The predicted octanol–water partition coefficient (Wildman–Crippen LogP) is 0.682. The number of hydrazine groups is 1. The van der Waals surface area contributed by atoms with Crippen molar-refractivity contribution in [1.82, 2.24) is 10.4 Å². The number of rotatable bonds is 2. The third kappa shape index (κ3) is 2.70. The minimum absolute atomic E-state index is 0.231. The van der Waals surface area contributed by atoms with E-state index >= 15 is 0 Å². The summed E-state index contributed by atoms with van der Waals surface area (Å²) in [6.45, 7) is 0. The average Bonchev–Trinajstić information content (AvgIpc) is 2.35. The zero-order valence-corrected chi connectivity index (χ0v) is 9.27. The third-order valence-electron chi connectivity index (χ3n) is 1.17. The maximum Gasteiger partial charge on any atom is 0.272 e. The first-order valence-electron chi connectivity index (χ1n) is 3.10. The molecular weight excluding hydrogens is 255 g/mol. The first-order chi connectivity index (χ1) is 6.02. The van der Waals surface area contributed by atoms with Crippen LogP contribution in [0.3, 0.4) is 0 Å². The number of thiocarbonyl (C=S) groups is 1. The maximum atomic E-state index is 11.1. The standard InChI is InChI=1S/C5H4Cl2N2O2S2/c6-3(7)4(11)8-9-2(10)1-13-5(9)12/h3H,1H2,(H,8,11). The highest BCUT2D eigenvalue weighted by molar-refractivity contribution is 8.23. The van der Waals surface area contributed by atoms with Crippen LogP contribution in [0.5, 0.6) is 0 Å². The summed E-state index contributed by atoms with van der Waals surface area (Å²) in [7, 11) is 0. The molecule has 0 radical (unpaired) electrons. The second-order valence-corrected chi connectivity index (χ2v) is 4.77. The van der Waals surface area contributed by atoms with Crippen LogP contribution in [0.4, 0.5) is 0 Å². The number of hydrogen-bond acceptors (Lipinski definition) is 4. The van der Waals surface area contributed by atoms with Crippen molar-refractivity contribution in [3.8, 4) is 0 Å². The Bertz CT molecular complexity index is 255. The lowest BCUT2D eigenvalue weighted by atomic mass is 10.6. The van der Waals surface area contributed by atoms with Crippen molar-refractivity contribution in [3.63, 3.8) is 0 Å². The molecule has 0 aromatic rings. The van der Waals surface area contributed by atoms with Crippen molar-refractivity contribution in [3.05, 3.63) is 0 Å². The Balaban J connectivity index is 2.58. The fourth-order valence-electron chi connectivity index (χ4n) is 0.621. The van der Waals surface area contributed by atoms with Crippen molar-refractivity contribution in [2.75, 3.05) is 5.75 Å². The van der Waals surface area contributed by atoms with Crippen LogP contribution in [0.1, 0.15) is 0 Å². The summed E-state index contributed by atoms with van der Waals surface area (Å²) < 4.78 is 0.298. The maximum absolute atomic E-state index is 11.1. The van der Waals surface area contributed by atoms with E-state index in [0.717, 1.165) is 5.01 Å². The molecule has 8 heteroatoms. The Morgan fingerprint density at radius 2 is 2.31 bits per heavy atom. The van der Waals surface area contributed by atoms with Gasteiger partial charge < -0.3 is 0 Å². The van der Waals surface area contributed by atoms with Gasteiger partial charge >= 0.3 is 0 Å². The highest BCUT2D eigenvalue weighted by atomic mass is 35.5. The number of halogens is 2. The van der Waals surface area contributed by atoms with Gasteiger partial charge in [-0.2, -0.15) is 0 Å². The number of nitrogens with zero attached hydrogens (tertiary/aromatic N) is 1. The van der Waals surface area contributed by atoms with Gasteiger partial charge in [-0.15, -0.1) is 0 Å². The van der Waals surface area contributed by atoms with E-state index in [4.69, 9.17) is 35.4 Å². The number of carbonyl (C=O) groups is 2. The van der Waals surface area contributed by atoms with Crippen molar-refractivity contribution in [1.29, 1.82) is 0 Å². The van der Waals surface area contributed by atoms with Crippen LogP contribution in [-0.2, 0) is 9.59 Å². The van der Waals surface area contributed by atoms with E-state index in [9.17, 15) is 9.59 Å². The summed E-state index contributed by atoms with van der Waals surface area (Å²) in [5.74, 6) is -0.715. The van der Waals surface area contributed by atoms with E-state index in [1.54, 1.807) is 0 Å². The van der Waals surface area contributed by atoms with Gasteiger partial charge in [-0.05, 0) is 0 Å². The molecule has 2 amide bonds. The molecule has 0 aromatic carbocycles. The summed E-state index contributed by atoms with van der Waals surface area (Å²) in [6.07, 6.45) is 0. The van der Waals surface area contributed by atoms with Gasteiger partial charge in [0.2, 0.25) is 0 Å². The van der Waals surface area contributed by atoms with E-state index < -0.39 is 10.7 Å². The van der Waals surface area contributed by atoms with Gasteiger partial charge in [0.15, 0.2) is 9.16 Å². The summed E-state index contributed by atoms with van der Waals surface area (Å²) >= 11 is 16.5. The number of thioether (sulfide) groups is 1. The van der Waals surface area contributed by atoms with Gasteiger partial charge in [0.25, 0.3) is 11.8 Å². The van der Waals surface area contributed by atoms with Gasteiger partial charge in [-0.25, -0.2) is 5.01 Å². The molecule has 1 N–H and O–H groups in total. The minimum Gasteiger partial charge on any atom is -0.272 e. The lowest BCUT2D eigenvalue weighted by Gasteiger charge is -2.15. The third-order valence-corrected chi connectivity index (χ3v) is 2.92. The van der Waals surface area contributed by atoms with E-state index in [1.165, 1.54) is 11.8 Å². The molecule has 0 aromatic heterocycles. The second-order valence-electron chi connectivity index (χ2n) is 2.06. The number of nitrogens with one attached hydrogen (secondary N) is 1. The molecule has 0 aliphatic carbocycles. The molecule has 1 aliphatic rings. The molecular formula is C5H4Cl2N2O2S2. The fraction of sp³-hybridized carbons (Fsp3) is 0.400. The summed E-state index contributed by atoms with van der Waals surface area (Å²) in [4.78, 5) is 20.8. The Morgan fingerprint density at radius 3 is 2.69 bits per heavy atom.